The van der Waals surface area contributed by atoms with Gasteiger partial charge in [-0.05, 0) is 37.5 Å². The Hall–Kier alpha value is -0.890. The van der Waals surface area contributed by atoms with Crippen molar-refractivity contribution in [2.24, 2.45) is 5.73 Å². The summed E-state index contributed by atoms with van der Waals surface area (Å²) >= 11 is 0. The van der Waals surface area contributed by atoms with Gasteiger partial charge in [0, 0.05) is 6.04 Å². The minimum Gasteiger partial charge on any atom is -0.324 e. The summed E-state index contributed by atoms with van der Waals surface area (Å²) < 4.78 is 13.1. The first-order valence-corrected chi connectivity index (χ1v) is 4.04. The van der Waals surface area contributed by atoms with E-state index >= 15 is 0 Å². The fourth-order valence-corrected chi connectivity index (χ4v) is 1.24. The van der Waals surface area contributed by atoms with E-state index in [4.69, 9.17) is 5.73 Å². The topological polar surface area (TPSA) is 26.0 Å². The highest BCUT2D eigenvalue weighted by Gasteiger charge is 2.06. The highest BCUT2D eigenvalue weighted by Crippen LogP contribution is 2.18. The van der Waals surface area contributed by atoms with Crippen LogP contribution in [0.25, 0.3) is 0 Å². The first-order valence-electron chi connectivity index (χ1n) is 4.04. The lowest BCUT2D eigenvalue weighted by molar-refractivity contribution is 0.607. The molecule has 0 fully saturated rings. The van der Waals surface area contributed by atoms with E-state index in [1.54, 1.807) is 26.0 Å². The van der Waals surface area contributed by atoms with E-state index in [2.05, 4.69) is 0 Å². The van der Waals surface area contributed by atoms with Crippen LogP contribution in [0.15, 0.2) is 12.1 Å². The Balaban J connectivity index is 3.21. The highest BCUT2D eigenvalue weighted by atomic mass is 19.1. The largest absolute Gasteiger partial charge is 0.324 e. The number of nitrogens with two attached hydrogens (primary N) is 1. The van der Waals surface area contributed by atoms with E-state index in [9.17, 15) is 4.39 Å². The van der Waals surface area contributed by atoms with E-state index in [0.29, 0.717) is 11.1 Å². The van der Waals surface area contributed by atoms with Crippen molar-refractivity contribution >= 4 is 0 Å². The molecule has 12 heavy (non-hydrogen) atoms. The van der Waals surface area contributed by atoms with Crippen molar-refractivity contribution in [1.29, 1.82) is 0 Å². The molecule has 0 bridgehead atoms. The number of aryl methyl sites for hydroxylation is 2. The second-order valence-electron chi connectivity index (χ2n) is 3.26. The van der Waals surface area contributed by atoms with Crippen LogP contribution in [-0.2, 0) is 0 Å². The smallest absolute Gasteiger partial charge is 0.129 e. The molecule has 0 radical (unpaired) electrons. The molecule has 0 heterocycles. The van der Waals surface area contributed by atoms with Crippen molar-refractivity contribution in [2.75, 3.05) is 0 Å². The zero-order chi connectivity index (χ0) is 9.30. The predicted molar refractivity (Wildman–Crippen MR) is 48.5 cm³/mol. The van der Waals surface area contributed by atoms with Crippen LogP contribution in [0.5, 0.6) is 0 Å². The molecule has 1 atom stereocenters. The fourth-order valence-electron chi connectivity index (χ4n) is 1.24. The van der Waals surface area contributed by atoms with Gasteiger partial charge in [-0.15, -0.1) is 0 Å². The standard InChI is InChI=1S/C10H14FN/c1-6-4-9(8(3)12)5-7(2)10(6)11/h4-5,8H,12H2,1-3H3/t8-/m1/s1. The normalized spacial score (nSPS) is 13.1. The molecule has 66 valence electrons. The van der Waals surface area contributed by atoms with Gasteiger partial charge >= 0.3 is 0 Å². The van der Waals surface area contributed by atoms with Crippen molar-refractivity contribution < 1.29 is 4.39 Å². The lowest BCUT2D eigenvalue weighted by atomic mass is 10.0. The van der Waals surface area contributed by atoms with Gasteiger partial charge in [-0.3, -0.25) is 0 Å². The van der Waals surface area contributed by atoms with Crippen molar-refractivity contribution in [3.05, 3.63) is 34.6 Å². The minimum absolute atomic E-state index is 0.0250. The third-order valence-electron chi connectivity index (χ3n) is 1.98. The summed E-state index contributed by atoms with van der Waals surface area (Å²) in [6.07, 6.45) is 0. The maximum absolute atomic E-state index is 13.1. The molecular weight excluding hydrogens is 153 g/mol. The van der Waals surface area contributed by atoms with Gasteiger partial charge in [-0.1, -0.05) is 12.1 Å². The van der Waals surface area contributed by atoms with Gasteiger partial charge in [0.2, 0.25) is 0 Å². The van der Waals surface area contributed by atoms with Crippen LogP contribution >= 0.6 is 0 Å². The van der Waals surface area contributed by atoms with Gasteiger partial charge in [0.15, 0.2) is 0 Å². The van der Waals surface area contributed by atoms with Crippen molar-refractivity contribution in [3.8, 4) is 0 Å². The second-order valence-corrected chi connectivity index (χ2v) is 3.26. The Morgan fingerprint density at radius 1 is 1.25 bits per heavy atom. The Morgan fingerprint density at radius 3 is 2.00 bits per heavy atom. The van der Waals surface area contributed by atoms with Gasteiger partial charge in [0.05, 0.1) is 0 Å². The van der Waals surface area contributed by atoms with Crippen LogP contribution in [-0.4, -0.2) is 0 Å². The average Bonchev–Trinajstić information content (AvgIpc) is 1.99. The maximum atomic E-state index is 13.1. The molecule has 0 amide bonds. The Labute approximate surface area is 72.4 Å². The Bertz CT molecular complexity index is 269. The van der Waals surface area contributed by atoms with Gasteiger partial charge in [-0.2, -0.15) is 0 Å². The fraction of sp³-hybridized carbons (Fsp3) is 0.400. The van der Waals surface area contributed by atoms with Crippen LogP contribution in [0.3, 0.4) is 0 Å². The molecule has 1 rings (SSSR count). The van der Waals surface area contributed by atoms with Crippen LogP contribution in [0.4, 0.5) is 4.39 Å². The van der Waals surface area contributed by atoms with Gasteiger partial charge in [0.1, 0.15) is 5.82 Å². The molecule has 1 nitrogen and oxygen atoms in total. The quantitative estimate of drug-likeness (QED) is 0.683. The minimum atomic E-state index is -0.126. The molecule has 1 aromatic rings. The number of hydrogen-bond acceptors (Lipinski definition) is 1. The Kier molecular flexibility index (Phi) is 2.48. The van der Waals surface area contributed by atoms with Crippen LogP contribution in [0.2, 0.25) is 0 Å². The molecular formula is C10H14FN. The third kappa shape index (κ3) is 1.64. The SMILES string of the molecule is Cc1cc([C@@H](C)N)cc(C)c1F. The van der Waals surface area contributed by atoms with Crippen LogP contribution in [0, 0.1) is 19.7 Å². The molecule has 2 heteroatoms. The Morgan fingerprint density at radius 2 is 1.67 bits per heavy atom. The molecule has 0 aliphatic rings. The first kappa shape index (κ1) is 9.20. The summed E-state index contributed by atoms with van der Waals surface area (Å²) in [4.78, 5) is 0. The number of rotatable bonds is 1. The molecule has 0 unspecified atom stereocenters. The molecule has 0 saturated carbocycles. The zero-order valence-corrected chi connectivity index (χ0v) is 7.69. The summed E-state index contributed by atoms with van der Waals surface area (Å²) in [5, 5.41) is 0. The van der Waals surface area contributed by atoms with Crippen molar-refractivity contribution in [3.63, 3.8) is 0 Å². The first-order chi connectivity index (χ1) is 5.52. The summed E-state index contributed by atoms with van der Waals surface area (Å²) in [7, 11) is 0. The van der Waals surface area contributed by atoms with E-state index in [1.807, 2.05) is 6.92 Å². The lowest BCUT2D eigenvalue weighted by Gasteiger charge is -2.09. The van der Waals surface area contributed by atoms with E-state index < -0.39 is 0 Å². The van der Waals surface area contributed by atoms with Crippen LogP contribution < -0.4 is 5.73 Å². The van der Waals surface area contributed by atoms with Gasteiger partial charge < -0.3 is 5.73 Å². The molecule has 0 aromatic heterocycles. The van der Waals surface area contributed by atoms with Crippen molar-refractivity contribution in [1.82, 2.24) is 0 Å². The summed E-state index contributed by atoms with van der Waals surface area (Å²) in [6.45, 7) is 5.41. The lowest BCUT2D eigenvalue weighted by Crippen LogP contribution is -2.06. The summed E-state index contributed by atoms with van der Waals surface area (Å²) in [6, 6.07) is 3.57. The molecule has 0 aliphatic heterocycles. The summed E-state index contributed by atoms with van der Waals surface area (Å²) in [5.41, 5.74) is 8.01. The average molecular weight is 167 g/mol. The summed E-state index contributed by atoms with van der Waals surface area (Å²) in [5.74, 6) is -0.126. The molecule has 0 spiro atoms. The maximum Gasteiger partial charge on any atom is 0.129 e. The molecule has 0 aliphatic carbocycles. The van der Waals surface area contributed by atoms with Gasteiger partial charge in [-0.25, -0.2) is 4.39 Å². The number of hydrogen-bond donors (Lipinski definition) is 1. The van der Waals surface area contributed by atoms with E-state index in [0.717, 1.165) is 5.56 Å². The van der Waals surface area contributed by atoms with E-state index in [-0.39, 0.29) is 11.9 Å². The molecule has 1 aromatic carbocycles. The number of halogens is 1. The highest BCUT2D eigenvalue weighted by molar-refractivity contribution is 5.31. The second kappa shape index (κ2) is 3.23. The monoisotopic (exact) mass is 167 g/mol. The van der Waals surface area contributed by atoms with E-state index in [1.165, 1.54) is 0 Å². The third-order valence-corrected chi connectivity index (χ3v) is 1.98. The van der Waals surface area contributed by atoms with Gasteiger partial charge in [0.25, 0.3) is 0 Å². The number of benzene rings is 1. The predicted octanol–water partition coefficient (Wildman–Crippen LogP) is 2.46. The zero-order valence-electron chi connectivity index (χ0n) is 7.69. The van der Waals surface area contributed by atoms with Crippen LogP contribution in [0.1, 0.15) is 29.7 Å². The molecule has 2 N–H and O–H groups in total. The van der Waals surface area contributed by atoms with Crippen molar-refractivity contribution in [2.45, 2.75) is 26.8 Å². The molecule has 0 saturated heterocycles.